The van der Waals surface area contributed by atoms with Gasteiger partial charge in [0.15, 0.2) is 0 Å². The molecule has 4 aliphatic rings. The zero-order valence-corrected chi connectivity index (χ0v) is 12.9. The van der Waals surface area contributed by atoms with E-state index < -0.39 is 12.0 Å². The maximum atomic E-state index is 12.6. The van der Waals surface area contributed by atoms with E-state index in [2.05, 4.69) is 19.9 Å². The molecule has 2 bridgehead atoms. The zero-order valence-electron chi connectivity index (χ0n) is 12.9. The van der Waals surface area contributed by atoms with E-state index in [9.17, 15) is 13.2 Å². The molecule has 4 heterocycles. The second-order valence-corrected chi connectivity index (χ2v) is 7.20. The summed E-state index contributed by atoms with van der Waals surface area (Å²) >= 11 is 0. The molecule has 23 heavy (non-hydrogen) atoms. The summed E-state index contributed by atoms with van der Waals surface area (Å²) in [4.78, 5) is 8.28. The lowest BCUT2D eigenvalue weighted by Crippen LogP contribution is -2.44. The highest BCUT2D eigenvalue weighted by atomic mass is 19.4. The van der Waals surface area contributed by atoms with E-state index in [-0.39, 0.29) is 5.89 Å². The molecule has 1 aliphatic carbocycles. The smallest absolute Gasteiger partial charge is 0.338 e. The van der Waals surface area contributed by atoms with Crippen molar-refractivity contribution in [2.24, 2.45) is 11.8 Å². The van der Waals surface area contributed by atoms with Crippen LogP contribution in [-0.4, -0.2) is 52.2 Å². The minimum absolute atomic E-state index is 0.0624. The summed E-state index contributed by atoms with van der Waals surface area (Å²) < 4.78 is 42.4. The van der Waals surface area contributed by atoms with Gasteiger partial charge in [0.05, 0.1) is 6.54 Å². The molecule has 1 saturated carbocycles. The third-order valence-corrected chi connectivity index (χ3v) is 5.17. The Bertz CT molecular complexity index is 557. The van der Waals surface area contributed by atoms with Crippen LogP contribution in [0.5, 0.6) is 0 Å². The topological polar surface area (TPSA) is 45.4 Å². The van der Waals surface area contributed by atoms with Gasteiger partial charge in [0.1, 0.15) is 0 Å². The van der Waals surface area contributed by atoms with E-state index in [1.165, 1.54) is 32.2 Å². The molecule has 1 aromatic rings. The molecule has 8 heteroatoms. The Morgan fingerprint density at radius 3 is 2.61 bits per heavy atom. The molecule has 2 atom stereocenters. The van der Waals surface area contributed by atoms with Crippen LogP contribution in [0.25, 0.3) is 0 Å². The predicted octanol–water partition coefficient (Wildman–Crippen LogP) is 2.39. The SMILES string of the molecule is FC(F)(F)c1noc(CN2C[C@H]3CC[C@@H](C2)N(CC2CC2)C3)n1. The number of hydrogen-bond donors (Lipinski definition) is 0. The lowest BCUT2D eigenvalue weighted by Gasteiger charge is -2.36. The van der Waals surface area contributed by atoms with Crippen LogP contribution in [0.4, 0.5) is 13.2 Å². The van der Waals surface area contributed by atoms with Gasteiger partial charge in [0, 0.05) is 32.2 Å². The second kappa shape index (κ2) is 5.73. The van der Waals surface area contributed by atoms with E-state index >= 15 is 0 Å². The summed E-state index contributed by atoms with van der Waals surface area (Å²) in [5.41, 5.74) is 0. The first-order chi connectivity index (χ1) is 11.0. The maximum Gasteiger partial charge on any atom is 0.455 e. The fourth-order valence-corrected chi connectivity index (χ4v) is 3.89. The van der Waals surface area contributed by atoms with Crippen LogP contribution in [-0.2, 0) is 12.7 Å². The predicted molar refractivity (Wildman–Crippen MR) is 75.4 cm³/mol. The largest absolute Gasteiger partial charge is 0.455 e. The summed E-state index contributed by atoms with van der Waals surface area (Å²) in [6, 6.07) is 0.513. The Kier molecular flexibility index (Phi) is 3.84. The van der Waals surface area contributed by atoms with Crippen LogP contribution >= 0.6 is 0 Å². The van der Waals surface area contributed by atoms with Crippen molar-refractivity contribution in [3.05, 3.63) is 11.7 Å². The molecule has 0 N–H and O–H groups in total. The fourth-order valence-electron chi connectivity index (χ4n) is 3.89. The van der Waals surface area contributed by atoms with Gasteiger partial charge in [-0.25, -0.2) is 0 Å². The second-order valence-electron chi connectivity index (χ2n) is 7.20. The number of rotatable bonds is 4. The Balaban J connectivity index is 1.41. The lowest BCUT2D eigenvalue weighted by molar-refractivity contribution is -0.146. The molecule has 3 aliphatic heterocycles. The van der Waals surface area contributed by atoms with Gasteiger partial charge in [0.2, 0.25) is 5.89 Å². The van der Waals surface area contributed by atoms with Gasteiger partial charge in [-0.1, -0.05) is 5.16 Å². The number of aromatic nitrogens is 2. The zero-order chi connectivity index (χ0) is 16.0. The van der Waals surface area contributed by atoms with Crippen molar-refractivity contribution >= 4 is 0 Å². The first-order valence-electron chi connectivity index (χ1n) is 8.33. The number of fused-ring (bicyclic) bond motifs is 4. The highest BCUT2D eigenvalue weighted by Gasteiger charge is 2.39. The van der Waals surface area contributed by atoms with Gasteiger partial charge < -0.3 is 4.52 Å². The van der Waals surface area contributed by atoms with Crippen molar-refractivity contribution in [2.75, 3.05) is 26.2 Å². The summed E-state index contributed by atoms with van der Waals surface area (Å²) in [7, 11) is 0. The number of halogens is 3. The third kappa shape index (κ3) is 3.52. The van der Waals surface area contributed by atoms with Crippen molar-refractivity contribution in [1.82, 2.24) is 19.9 Å². The van der Waals surface area contributed by atoms with Crippen molar-refractivity contribution in [1.29, 1.82) is 0 Å². The van der Waals surface area contributed by atoms with E-state index in [1.54, 1.807) is 0 Å². The molecular weight excluding hydrogens is 309 g/mol. The Morgan fingerprint density at radius 1 is 1.09 bits per heavy atom. The molecule has 0 spiro atoms. The van der Waals surface area contributed by atoms with Crippen LogP contribution < -0.4 is 0 Å². The van der Waals surface area contributed by atoms with E-state index in [0.29, 0.717) is 18.5 Å². The first-order valence-corrected chi connectivity index (χ1v) is 8.33. The molecule has 0 aromatic carbocycles. The van der Waals surface area contributed by atoms with Crippen molar-refractivity contribution in [2.45, 2.75) is 44.4 Å². The average molecular weight is 330 g/mol. The summed E-state index contributed by atoms with van der Waals surface area (Å²) in [6.07, 6.45) is 0.547. The number of alkyl halides is 3. The van der Waals surface area contributed by atoms with Gasteiger partial charge >= 0.3 is 6.18 Å². The molecule has 0 unspecified atom stereocenters. The first kappa shape index (κ1) is 15.4. The maximum absolute atomic E-state index is 12.6. The van der Waals surface area contributed by atoms with E-state index in [4.69, 9.17) is 4.52 Å². The summed E-state index contributed by atoms with van der Waals surface area (Å²) in [5, 5.41) is 3.04. The monoisotopic (exact) mass is 330 g/mol. The Morgan fingerprint density at radius 2 is 1.91 bits per heavy atom. The third-order valence-electron chi connectivity index (χ3n) is 5.17. The highest BCUT2D eigenvalue weighted by Crippen LogP contribution is 2.35. The molecule has 128 valence electrons. The molecule has 3 saturated heterocycles. The molecule has 5 rings (SSSR count). The van der Waals surface area contributed by atoms with Gasteiger partial charge in [-0.3, -0.25) is 9.80 Å². The lowest BCUT2D eigenvalue weighted by atomic mass is 9.95. The van der Waals surface area contributed by atoms with E-state index in [0.717, 1.165) is 25.6 Å². The Hall–Kier alpha value is -1.15. The molecule has 0 amide bonds. The molecule has 4 fully saturated rings. The molecule has 0 radical (unpaired) electrons. The summed E-state index contributed by atoms with van der Waals surface area (Å²) in [6.45, 7) is 4.41. The number of piperidine rings is 1. The minimum atomic E-state index is -4.54. The van der Waals surface area contributed by atoms with Gasteiger partial charge in [-0.2, -0.15) is 18.2 Å². The Labute approximate surface area is 132 Å². The highest BCUT2D eigenvalue weighted by molar-refractivity contribution is 4.95. The normalized spacial score (nSPS) is 29.9. The average Bonchev–Trinajstić information content (AvgIpc) is 3.22. The molecule has 1 aromatic heterocycles. The van der Waals surface area contributed by atoms with Crippen molar-refractivity contribution in [3.63, 3.8) is 0 Å². The van der Waals surface area contributed by atoms with Crippen molar-refractivity contribution < 1.29 is 17.7 Å². The van der Waals surface area contributed by atoms with E-state index in [1.807, 2.05) is 0 Å². The standard InChI is InChI=1S/C15H21F3N4O/c16-15(17,18)14-19-13(23-20-14)9-21-5-11-3-4-12(8-21)22(7-11)6-10-1-2-10/h10-12H,1-9H2/t11-,12+/m1/s1. The summed E-state index contributed by atoms with van der Waals surface area (Å²) in [5.74, 6) is 0.346. The van der Waals surface area contributed by atoms with Gasteiger partial charge in [-0.15, -0.1) is 0 Å². The van der Waals surface area contributed by atoms with Crippen LogP contribution in [0.2, 0.25) is 0 Å². The minimum Gasteiger partial charge on any atom is -0.338 e. The van der Waals surface area contributed by atoms with Crippen LogP contribution in [0, 0.1) is 11.8 Å². The quantitative estimate of drug-likeness (QED) is 0.848. The van der Waals surface area contributed by atoms with Crippen LogP contribution in [0.1, 0.15) is 37.4 Å². The van der Waals surface area contributed by atoms with Crippen LogP contribution in [0.3, 0.4) is 0 Å². The molecular formula is C15H21F3N4O. The number of nitrogens with zero attached hydrogens (tertiary/aromatic N) is 4. The van der Waals surface area contributed by atoms with Crippen molar-refractivity contribution in [3.8, 4) is 0 Å². The van der Waals surface area contributed by atoms with Crippen LogP contribution in [0.15, 0.2) is 4.52 Å². The molecule has 5 nitrogen and oxygen atoms in total. The van der Waals surface area contributed by atoms with Gasteiger partial charge in [-0.05, 0) is 37.5 Å². The number of hydrogen-bond acceptors (Lipinski definition) is 5. The fraction of sp³-hybridized carbons (Fsp3) is 0.867. The van der Waals surface area contributed by atoms with Gasteiger partial charge in [0.25, 0.3) is 5.82 Å².